The maximum Gasteiger partial charge on any atom is 0.220 e. The minimum Gasteiger partial charge on any atom is -0.487 e. The molecule has 0 saturated heterocycles. The first-order valence-corrected chi connectivity index (χ1v) is 9.60. The zero-order valence-corrected chi connectivity index (χ0v) is 15.3. The summed E-state index contributed by atoms with van der Waals surface area (Å²) in [5, 5.41) is 3.67. The van der Waals surface area contributed by atoms with Gasteiger partial charge in [-0.3, -0.25) is 4.79 Å². The molecule has 1 aliphatic heterocycles. The van der Waals surface area contributed by atoms with Crippen LogP contribution in [0.15, 0.2) is 30.6 Å². The van der Waals surface area contributed by atoms with Crippen molar-refractivity contribution in [3.8, 4) is 17.1 Å². The molecule has 1 N–H and O–H groups in total. The van der Waals surface area contributed by atoms with Crippen molar-refractivity contribution in [2.75, 3.05) is 6.54 Å². The minimum atomic E-state index is -0.0848. The van der Waals surface area contributed by atoms with E-state index < -0.39 is 0 Å². The quantitative estimate of drug-likeness (QED) is 0.868. The van der Waals surface area contributed by atoms with Crippen LogP contribution in [0, 0.1) is 5.92 Å². The van der Waals surface area contributed by atoms with Crippen LogP contribution < -0.4 is 10.1 Å². The second-order valence-corrected chi connectivity index (χ2v) is 7.55. The van der Waals surface area contributed by atoms with Crippen LogP contribution in [0.25, 0.3) is 11.4 Å². The van der Waals surface area contributed by atoms with E-state index in [1.807, 2.05) is 12.1 Å². The summed E-state index contributed by atoms with van der Waals surface area (Å²) in [6, 6.07) is 5.53. The molecule has 2 heterocycles. The first-order chi connectivity index (χ1) is 12.7. The van der Waals surface area contributed by atoms with Crippen molar-refractivity contribution in [1.29, 1.82) is 0 Å². The fourth-order valence-corrected chi connectivity index (χ4v) is 4.13. The van der Waals surface area contributed by atoms with Gasteiger partial charge in [0.1, 0.15) is 11.9 Å². The molecule has 2 aliphatic rings. The van der Waals surface area contributed by atoms with E-state index in [0.717, 1.165) is 23.3 Å². The summed E-state index contributed by atoms with van der Waals surface area (Å²) in [5.74, 6) is 2.05. The van der Waals surface area contributed by atoms with Crippen LogP contribution in [-0.4, -0.2) is 28.5 Å². The summed E-state index contributed by atoms with van der Waals surface area (Å²) >= 11 is 6.27. The Hall–Kier alpha value is -2.14. The van der Waals surface area contributed by atoms with E-state index >= 15 is 0 Å². The van der Waals surface area contributed by atoms with Crippen molar-refractivity contribution in [1.82, 2.24) is 15.3 Å². The van der Waals surface area contributed by atoms with Crippen molar-refractivity contribution in [2.45, 2.75) is 44.6 Å². The zero-order valence-electron chi connectivity index (χ0n) is 14.6. The molecule has 0 radical (unpaired) electrons. The van der Waals surface area contributed by atoms with Gasteiger partial charge in [0.2, 0.25) is 5.91 Å². The third kappa shape index (κ3) is 3.83. The van der Waals surface area contributed by atoms with Crippen LogP contribution in [0.2, 0.25) is 5.02 Å². The number of nitrogens with one attached hydrogen (secondary N) is 1. The molecule has 0 bridgehead atoms. The Bertz CT molecular complexity index is 791. The molecule has 6 heteroatoms. The molecule has 2 aromatic rings. The molecule has 5 nitrogen and oxygen atoms in total. The molecule has 1 amide bonds. The molecule has 1 aromatic carbocycles. The lowest BCUT2D eigenvalue weighted by Crippen LogP contribution is -2.35. The molecule has 4 rings (SSSR count). The smallest absolute Gasteiger partial charge is 0.220 e. The average Bonchev–Trinajstić information content (AvgIpc) is 3.29. The van der Waals surface area contributed by atoms with Gasteiger partial charge in [0.05, 0.1) is 12.1 Å². The highest BCUT2D eigenvalue weighted by atomic mass is 35.5. The topological polar surface area (TPSA) is 64.1 Å². The van der Waals surface area contributed by atoms with Gasteiger partial charge in [0.25, 0.3) is 0 Å². The number of benzene rings is 1. The molecular weight excluding hydrogens is 350 g/mol. The third-order valence-corrected chi connectivity index (χ3v) is 5.36. The predicted molar refractivity (Wildman–Crippen MR) is 100 cm³/mol. The number of carbonyl (C=O) groups excluding carboxylic acids is 1. The Labute approximate surface area is 158 Å². The van der Waals surface area contributed by atoms with Gasteiger partial charge in [0.15, 0.2) is 5.82 Å². The first kappa shape index (κ1) is 17.3. The number of amides is 1. The van der Waals surface area contributed by atoms with Crippen LogP contribution in [0.5, 0.6) is 5.75 Å². The lowest BCUT2D eigenvalue weighted by molar-refractivity contribution is -0.122. The van der Waals surface area contributed by atoms with Gasteiger partial charge in [-0.25, -0.2) is 9.97 Å². The number of aromatic nitrogens is 2. The molecule has 1 atom stereocenters. The SMILES string of the molecule is O=C(CC1CCCC1)NC[C@@H]1Cc2cc(Cl)cc(-c3ncccn3)c2O1. The van der Waals surface area contributed by atoms with Gasteiger partial charge in [-0.05, 0) is 37.0 Å². The summed E-state index contributed by atoms with van der Waals surface area (Å²) in [6.07, 6.45) is 9.53. The number of fused-ring (bicyclic) bond motifs is 1. The largest absolute Gasteiger partial charge is 0.487 e. The highest BCUT2D eigenvalue weighted by Crippen LogP contribution is 2.39. The molecule has 136 valence electrons. The fourth-order valence-electron chi connectivity index (χ4n) is 3.89. The van der Waals surface area contributed by atoms with Crippen LogP contribution in [0.3, 0.4) is 0 Å². The van der Waals surface area contributed by atoms with Crippen LogP contribution in [0.4, 0.5) is 0 Å². The Kier molecular flexibility index (Phi) is 5.07. The number of ether oxygens (including phenoxy) is 1. The number of hydrogen-bond donors (Lipinski definition) is 1. The first-order valence-electron chi connectivity index (χ1n) is 9.22. The second-order valence-electron chi connectivity index (χ2n) is 7.12. The van der Waals surface area contributed by atoms with Crippen LogP contribution >= 0.6 is 11.6 Å². The zero-order chi connectivity index (χ0) is 17.9. The highest BCUT2D eigenvalue weighted by Gasteiger charge is 2.28. The van der Waals surface area contributed by atoms with E-state index in [4.69, 9.17) is 16.3 Å². The number of nitrogens with zero attached hydrogens (tertiary/aromatic N) is 2. The monoisotopic (exact) mass is 371 g/mol. The molecule has 1 saturated carbocycles. The Morgan fingerprint density at radius 3 is 2.77 bits per heavy atom. The Morgan fingerprint density at radius 2 is 2.00 bits per heavy atom. The van der Waals surface area contributed by atoms with Crippen molar-refractivity contribution in [3.63, 3.8) is 0 Å². The lowest BCUT2D eigenvalue weighted by atomic mass is 10.0. The van der Waals surface area contributed by atoms with Crippen molar-refractivity contribution < 1.29 is 9.53 Å². The van der Waals surface area contributed by atoms with Gasteiger partial charge in [-0.15, -0.1) is 0 Å². The van der Waals surface area contributed by atoms with E-state index in [-0.39, 0.29) is 12.0 Å². The van der Waals surface area contributed by atoms with E-state index in [9.17, 15) is 4.79 Å². The minimum absolute atomic E-state index is 0.0848. The number of carbonyl (C=O) groups is 1. The number of rotatable bonds is 5. The van der Waals surface area contributed by atoms with Gasteiger partial charge in [-0.1, -0.05) is 24.4 Å². The summed E-state index contributed by atoms with van der Waals surface area (Å²) in [6.45, 7) is 0.507. The molecule has 1 fully saturated rings. The van der Waals surface area contributed by atoms with E-state index in [0.29, 0.717) is 29.7 Å². The predicted octanol–water partition coefficient (Wildman–Crippen LogP) is 3.80. The second kappa shape index (κ2) is 7.62. The van der Waals surface area contributed by atoms with Crippen LogP contribution in [0.1, 0.15) is 37.7 Å². The fraction of sp³-hybridized carbons (Fsp3) is 0.450. The maximum atomic E-state index is 12.2. The van der Waals surface area contributed by atoms with Gasteiger partial charge in [0, 0.05) is 35.8 Å². The molecule has 1 aromatic heterocycles. The van der Waals surface area contributed by atoms with Crippen LogP contribution in [-0.2, 0) is 11.2 Å². The van der Waals surface area contributed by atoms with E-state index in [1.165, 1.54) is 25.7 Å². The summed E-state index contributed by atoms with van der Waals surface area (Å²) in [4.78, 5) is 20.8. The average molecular weight is 372 g/mol. The van der Waals surface area contributed by atoms with Crippen molar-refractivity contribution >= 4 is 17.5 Å². The molecule has 26 heavy (non-hydrogen) atoms. The summed E-state index contributed by atoms with van der Waals surface area (Å²) in [5.41, 5.74) is 1.84. The van der Waals surface area contributed by atoms with E-state index in [2.05, 4.69) is 15.3 Å². The van der Waals surface area contributed by atoms with Gasteiger partial charge in [-0.2, -0.15) is 0 Å². The number of hydrogen-bond acceptors (Lipinski definition) is 4. The molecule has 0 spiro atoms. The lowest BCUT2D eigenvalue weighted by Gasteiger charge is -2.14. The van der Waals surface area contributed by atoms with Gasteiger partial charge >= 0.3 is 0 Å². The summed E-state index contributed by atoms with van der Waals surface area (Å²) in [7, 11) is 0. The van der Waals surface area contributed by atoms with Gasteiger partial charge < -0.3 is 10.1 Å². The number of halogens is 1. The molecule has 0 unspecified atom stereocenters. The highest BCUT2D eigenvalue weighted by molar-refractivity contribution is 6.31. The standard InChI is InChI=1S/C20H22ClN3O2/c21-15-9-14-10-16(12-24-18(25)8-13-4-1-2-5-13)26-19(14)17(11-15)20-22-6-3-7-23-20/h3,6-7,9,11,13,16H,1-2,4-5,8,10,12H2,(H,24,25)/t16-/m0/s1. The maximum absolute atomic E-state index is 12.2. The Balaban J connectivity index is 1.41. The third-order valence-electron chi connectivity index (χ3n) is 5.15. The van der Waals surface area contributed by atoms with Crippen molar-refractivity contribution in [3.05, 3.63) is 41.2 Å². The Morgan fingerprint density at radius 1 is 1.23 bits per heavy atom. The molecular formula is C20H22ClN3O2. The molecule has 1 aliphatic carbocycles. The van der Waals surface area contributed by atoms with E-state index in [1.54, 1.807) is 18.5 Å². The summed E-state index contributed by atoms with van der Waals surface area (Å²) < 4.78 is 6.11. The normalized spacial score (nSPS) is 19.2. The van der Waals surface area contributed by atoms with Crippen molar-refractivity contribution in [2.24, 2.45) is 5.92 Å².